The van der Waals surface area contributed by atoms with Crippen LogP contribution in [0.25, 0.3) is 0 Å². The molecule has 2 amide bonds. The molecule has 0 saturated carbocycles. The number of amides is 2. The molecular weight excluding hydrogens is 330 g/mol. The first-order chi connectivity index (χ1) is 12.4. The van der Waals surface area contributed by atoms with Gasteiger partial charge < -0.3 is 9.73 Å². The third-order valence-corrected chi connectivity index (χ3v) is 4.32. The number of benzene rings is 1. The fourth-order valence-corrected chi connectivity index (χ4v) is 2.78. The van der Waals surface area contributed by atoms with Crippen LogP contribution < -0.4 is 16.2 Å². The van der Waals surface area contributed by atoms with E-state index in [1.807, 2.05) is 5.32 Å². The summed E-state index contributed by atoms with van der Waals surface area (Å²) in [6.07, 6.45) is 1.41. The Balaban J connectivity index is 1.87. The van der Waals surface area contributed by atoms with E-state index in [0.717, 1.165) is 0 Å². The van der Waals surface area contributed by atoms with Crippen molar-refractivity contribution in [1.82, 2.24) is 10.9 Å². The summed E-state index contributed by atoms with van der Waals surface area (Å²) in [5.41, 5.74) is 7.25. The predicted octanol–water partition coefficient (Wildman–Crippen LogP) is 2.12. The van der Waals surface area contributed by atoms with E-state index >= 15 is 0 Å². The molecular formula is C20H28N3O3+. The Morgan fingerprint density at radius 3 is 2.19 bits per heavy atom. The van der Waals surface area contributed by atoms with E-state index in [0.29, 0.717) is 11.8 Å². The molecule has 2 rings (SSSR count). The minimum absolute atomic E-state index is 0.152. The van der Waals surface area contributed by atoms with Gasteiger partial charge in [0, 0.05) is 11.5 Å². The van der Waals surface area contributed by atoms with Crippen LogP contribution in [0, 0.1) is 5.92 Å². The van der Waals surface area contributed by atoms with E-state index in [4.69, 9.17) is 4.42 Å². The summed E-state index contributed by atoms with van der Waals surface area (Å²) in [7, 11) is 0. The zero-order valence-electron chi connectivity index (χ0n) is 15.8. The topological polar surface area (TPSA) is 88.0 Å². The predicted molar refractivity (Wildman–Crippen MR) is 99.2 cm³/mol. The van der Waals surface area contributed by atoms with Crippen LogP contribution in [-0.4, -0.2) is 18.4 Å². The maximum absolute atomic E-state index is 12.0. The molecule has 1 aromatic heterocycles. The van der Waals surface area contributed by atoms with Gasteiger partial charge in [-0.05, 0) is 23.6 Å². The first kappa shape index (κ1) is 19.7. The number of quaternary nitrogens is 1. The number of rotatable bonds is 7. The molecule has 6 nitrogen and oxygen atoms in total. The third kappa shape index (κ3) is 5.46. The fraction of sp³-hybridized carbons (Fsp3) is 0.400. The molecule has 140 valence electrons. The molecule has 26 heavy (non-hydrogen) atoms. The normalized spacial score (nSPS) is 12.2. The van der Waals surface area contributed by atoms with E-state index < -0.39 is 5.91 Å². The molecule has 4 N–H and O–H groups in total. The molecule has 2 aromatic rings. The second-order valence-electron chi connectivity index (χ2n) is 7.01. The SMILES string of the molecule is CC(C)c1ccc([C@@H]([NH2+]CC(=O)NNC(=O)c2ccco2)C(C)C)cc1. The summed E-state index contributed by atoms with van der Waals surface area (Å²) in [5.74, 6) is 0.265. The Kier molecular flexibility index (Phi) is 6.97. The van der Waals surface area contributed by atoms with Gasteiger partial charge in [0.25, 0.3) is 5.91 Å². The minimum Gasteiger partial charge on any atom is -0.459 e. The monoisotopic (exact) mass is 358 g/mol. The van der Waals surface area contributed by atoms with Gasteiger partial charge in [0.15, 0.2) is 12.3 Å². The van der Waals surface area contributed by atoms with Crippen molar-refractivity contribution in [2.45, 2.75) is 39.7 Å². The number of carbonyl (C=O) groups is 2. The fourth-order valence-electron chi connectivity index (χ4n) is 2.78. The molecule has 0 bridgehead atoms. The van der Waals surface area contributed by atoms with Gasteiger partial charge in [-0.2, -0.15) is 0 Å². The number of carbonyl (C=O) groups excluding carboxylic acids is 2. The van der Waals surface area contributed by atoms with Crippen molar-refractivity contribution >= 4 is 11.8 Å². The van der Waals surface area contributed by atoms with Gasteiger partial charge >= 0.3 is 5.91 Å². The van der Waals surface area contributed by atoms with Gasteiger partial charge in [0.2, 0.25) is 0 Å². The highest BCUT2D eigenvalue weighted by Gasteiger charge is 2.21. The van der Waals surface area contributed by atoms with Crippen LogP contribution in [0.4, 0.5) is 0 Å². The molecule has 1 heterocycles. The lowest BCUT2D eigenvalue weighted by molar-refractivity contribution is -0.692. The van der Waals surface area contributed by atoms with E-state index in [9.17, 15) is 9.59 Å². The van der Waals surface area contributed by atoms with E-state index in [2.05, 4.69) is 62.8 Å². The number of hydrogen-bond donors (Lipinski definition) is 3. The van der Waals surface area contributed by atoms with Gasteiger partial charge in [-0.1, -0.05) is 52.0 Å². The lowest BCUT2D eigenvalue weighted by Crippen LogP contribution is -2.88. The van der Waals surface area contributed by atoms with Gasteiger partial charge in [0.1, 0.15) is 6.04 Å². The Labute approximate surface area is 154 Å². The summed E-state index contributed by atoms with van der Waals surface area (Å²) >= 11 is 0. The van der Waals surface area contributed by atoms with E-state index in [-0.39, 0.29) is 24.3 Å². The largest absolute Gasteiger partial charge is 0.459 e. The number of hydrogen-bond acceptors (Lipinski definition) is 3. The highest BCUT2D eigenvalue weighted by molar-refractivity contribution is 5.92. The van der Waals surface area contributed by atoms with Crippen LogP contribution >= 0.6 is 0 Å². The first-order valence-electron chi connectivity index (χ1n) is 8.94. The summed E-state index contributed by atoms with van der Waals surface area (Å²) in [4.78, 5) is 23.8. The van der Waals surface area contributed by atoms with Crippen LogP contribution in [-0.2, 0) is 4.79 Å². The van der Waals surface area contributed by atoms with Crippen molar-refractivity contribution in [2.24, 2.45) is 5.92 Å². The molecule has 0 unspecified atom stereocenters. The van der Waals surface area contributed by atoms with Crippen LogP contribution in [0.3, 0.4) is 0 Å². The van der Waals surface area contributed by atoms with Crippen molar-refractivity contribution in [3.05, 3.63) is 59.5 Å². The van der Waals surface area contributed by atoms with Gasteiger partial charge in [0.05, 0.1) is 6.26 Å². The summed E-state index contributed by atoms with van der Waals surface area (Å²) in [6, 6.07) is 11.9. The van der Waals surface area contributed by atoms with E-state index in [1.165, 1.54) is 23.5 Å². The Bertz CT molecular complexity index is 706. The summed E-state index contributed by atoms with van der Waals surface area (Å²) in [6.45, 7) is 8.82. The molecule has 0 aliphatic heterocycles. The minimum atomic E-state index is -0.479. The maximum atomic E-state index is 12.0. The molecule has 0 spiro atoms. The average molecular weight is 358 g/mol. The highest BCUT2D eigenvalue weighted by atomic mass is 16.3. The van der Waals surface area contributed by atoms with Crippen molar-refractivity contribution in [3.63, 3.8) is 0 Å². The van der Waals surface area contributed by atoms with Crippen LogP contribution in [0.1, 0.15) is 61.3 Å². The Morgan fingerprint density at radius 2 is 1.65 bits per heavy atom. The van der Waals surface area contributed by atoms with Crippen LogP contribution in [0.2, 0.25) is 0 Å². The van der Waals surface area contributed by atoms with Crippen LogP contribution in [0.15, 0.2) is 47.1 Å². The smallest absolute Gasteiger partial charge is 0.305 e. The standard InChI is InChI=1S/C20H27N3O3/c1-13(2)15-7-9-16(10-8-15)19(14(3)4)21-12-18(24)22-23-20(25)17-6-5-11-26-17/h5-11,13-14,19,21H,12H2,1-4H3,(H,22,24)(H,23,25)/p+1/t19-/m0/s1. The molecule has 0 aliphatic rings. The number of nitrogens with two attached hydrogens (primary N) is 1. The summed E-state index contributed by atoms with van der Waals surface area (Å²) < 4.78 is 4.97. The van der Waals surface area contributed by atoms with Crippen molar-refractivity contribution in [1.29, 1.82) is 0 Å². The first-order valence-corrected chi connectivity index (χ1v) is 8.94. The molecule has 0 aliphatic carbocycles. The summed E-state index contributed by atoms with van der Waals surface area (Å²) in [5, 5.41) is 1.99. The van der Waals surface area contributed by atoms with Crippen molar-refractivity contribution < 1.29 is 19.3 Å². The molecule has 0 radical (unpaired) electrons. The van der Waals surface area contributed by atoms with Gasteiger partial charge in [-0.25, -0.2) is 0 Å². The third-order valence-electron chi connectivity index (χ3n) is 4.32. The van der Waals surface area contributed by atoms with Crippen molar-refractivity contribution in [2.75, 3.05) is 6.54 Å². The zero-order chi connectivity index (χ0) is 19.1. The van der Waals surface area contributed by atoms with Crippen LogP contribution in [0.5, 0.6) is 0 Å². The number of hydrazine groups is 1. The Hall–Kier alpha value is -2.60. The maximum Gasteiger partial charge on any atom is 0.305 e. The second-order valence-corrected chi connectivity index (χ2v) is 7.01. The number of nitrogens with one attached hydrogen (secondary N) is 2. The molecule has 1 atom stereocenters. The van der Waals surface area contributed by atoms with Crippen molar-refractivity contribution in [3.8, 4) is 0 Å². The zero-order valence-corrected chi connectivity index (χ0v) is 15.8. The lowest BCUT2D eigenvalue weighted by atomic mass is 9.93. The number of furan rings is 1. The average Bonchev–Trinajstić information content (AvgIpc) is 3.14. The Morgan fingerprint density at radius 1 is 1.00 bits per heavy atom. The second kappa shape index (κ2) is 9.20. The molecule has 0 saturated heterocycles. The molecule has 6 heteroatoms. The van der Waals surface area contributed by atoms with E-state index in [1.54, 1.807) is 6.07 Å². The lowest BCUT2D eigenvalue weighted by Gasteiger charge is -2.20. The molecule has 0 fully saturated rings. The molecule has 1 aromatic carbocycles. The highest BCUT2D eigenvalue weighted by Crippen LogP contribution is 2.21. The van der Waals surface area contributed by atoms with Gasteiger partial charge in [-0.15, -0.1) is 0 Å². The van der Waals surface area contributed by atoms with Gasteiger partial charge in [-0.3, -0.25) is 20.4 Å². The quantitative estimate of drug-likeness (QED) is 0.663.